The molecule has 0 bridgehead atoms. The molecule has 0 aliphatic heterocycles. The van der Waals surface area contributed by atoms with E-state index in [1.54, 1.807) is 21.3 Å². The molecule has 0 aliphatic carbocycles. The van der Waals surface area contributed by atoms with E-state index in [2.05, 4.69) is 12.6 Å². The minimum absolute atomic E-state index is 0.635. The van der Waals surface area contributed by atoms with Gasteiger partial charge >= 0.3 is 8.80 Å². The molecule has 0 saturated heterocycles. The molecule has 0 spiro atoms. The number of rotatable bonds is 5. The van der Waals surface area contributed by atoms with Crippen molar-refractivity contribution < 1.29 is 13.3 Å². The van der Waals surface area contributed by atoms with Gasteiger partial charge in [0, 0.05) is 32.3 Å². The van der Waals surface area contributed by atoms with Crippen molar-refractivity contribution in [2.24, 2.45) is 0 Å². The maximum atomic E-state index is 5.36. The highest BCUT2D eigenvalue weighted by Crippen LogP contribution is 2.20. The van der Waals surface area contributed by atoms with Crippen molar-refractivity contribution >= 4 is 21.4 Å². The third kappa shape index (κ3) is 3.06. The molecule has 0 saturated carbocycles. The van der Waals surface area contributed by atoms with Crippen LogP contribution >= 0.6 is 12.6 Å². The highest BCUT2D eigenvalue weighted by atomic mass is 32.1. The lowest BCUT2D eigenvalue weighted by molar-refractivity contribution is 0.122. The molecular weight excluding hydrogens is 228 g/mol. The second-order valence-corrected chi connectivity index (χ2v) is 6.53. The fourth-order valence-corrected chi connectivity index (χ4v) is 3.46. The van der Waals surface area contributed by atoms with Crippen LogP contribution in [0.3, 0.4) is 0 Å². The first-order valence-electron chi connectivity index (χ1n) is 4.60. The van der Waals surface area contributed by atoms with Crippen LogP contribution in [0.15, 0.2) is 29.2 Å². The van der Waals surface area contributed by atoms with Gasteiger partial charge in [0.25, 0.3) is 0 Å². The molecule has 0 unspecified atom stereocenters. The predicted molar refractivity (Wildman–Crippen MR) is 64.2 cm³/mol. The van der Waals surface area contributed by atoms with Crippen molar-refractivity contribution in [3.8, 4) is 0 Å². The summed E-state index contributed by atoms with van der Waals surface area (Å²) in [5.41, 5.74) is 1.08. The predicted octanol–water partition coefficient (Wildman–Crippen LogP) is 1.94. The van der Waals surface area contributed by atoms with E-state index in [9.17, 15) is 0 Å². The van der Waals surface area contributed by atoms with Crippen molar-refractivity contribution in [3.05, 3.63) is 29.8 Å². The molecule has 5 heteroatoms. The molecule has 0 aromatic heterocycles. The van der Waals surface area contributed by atoms with Crippen molar-refractivity contribution in [2.45, 2.75) is 10.9 Å². The maximum absolute atomic E-state index is 5.36. The SMILES string of the molecule is CO[Si](Cc1ccccc1S)(OC)OC. The Hall–Kier alpha value is -0.333. The molecule has 3 nitrogen and oxygen atoms in total. The maximum Gasteiger partial charge on any atom is 0.504 e. The van der Waals surface area contributed by atoms with Crippen LogP contribution in [0.2, 0.25) is 0 Å². The first-order valence-corrected chi connectivity index (χ1v) is 6.97. The summed E-state index contributed by atoms with van der Waals surface area (Å²) in [4.78, 5) is 0.931. The summed E-state index contributed by atoms with van der Waals surface area (Å²) in [6, 6.07) is 8.49. The Balaban J connectivity index is 2.88. The third-order valence-corrected chi connectivity index (χ3v) is 5.45. The molecule has 15 heavy (non-hydrogen) atoms. The number of hydrogen-bond donors (Lipinski definition) is 1. The minimum Gasteiger partial charge on any atom is -0.377 e. The molecule has 0 radical (unpaired) electrons. The molecule has 0 aliphatic rings. The van der Waals surface area contributed by atoms with Crippen LogP contribution in [0.25, 0.3) is 0 Å². The summed E-state index contributed by atoms with van der Waals surface area (Å²) < 4.78 is 16.1. The monoisotopic (exact) mass is 244 g/mol. The highest BCUT2D eigenvalue weighted by Gasteiger charge is 2.38. The summed E-state index contributed by atoms with van der Waals surface area (Å²) in [6.07, 6.45) is 0. The quantitative estimate of drug-likeness (QED) is 0.633. The van der Waals surface area contributed by atoms with Gasteiger partial charge in [-0.25, -0.2) is 0 Å². The lowest BCUT2D eigenvalue weighted by atomic mass is 10.2. The van der Waals surface area contributed by atoms with Crippen LogP contribution in [0.5, 0.6) is 0 Å². The van der Waals surface area contributed by atoms with Gasteiger partial charge in [0.05, 0.1) is 0 Å². The molecule has 0 fully saturated rings. The van der Waals surface area contributed by atoms with Crippen LogP contribution in [0, 0.1) is 0 Å². The lowest BCUT2D eigenvalue weighted by Crippen LogP contribution is -2.45. The van der Waals surface area contributed by atoms with Gasteiger partial charge in [0.2, 0.25) is 0 Å². The fraction of sp³-hybridized carbons (Fsp3) is 0.400. The Morgan fingerprint density at radius 2 is 1.60 bits per heavy atom. The Morgan fingerprint density at radius 3 is 2.07 bits per heavy atom. The molecular formula is C10H16O3SSi. The standard InChI is InChI=1S/C10H16O3SSi/c1-11-15(12-2,13-3)8-9-6-4-5-7-10(9)14/h4-7,14H,8H2,1-3H3. The zero-order valence-corrected chi connectivity index (χ0v) is 11.1. The van der Waals surface area contributed by atoms with Gasteiger partial charge in [0.15, 0.2) is 0 Å². The molecule has 0 N–H and O–H groups in total. The van der Waals surface area contributed by atoms with Crippen molar-refractivity contribution in [1.29, 1.82) is 0 Å². The highest BCUT2D eigenvalue weighted by molar-refractivity contribution is 7.80. The van der Waals surface area contributed by atoms with E-state index in [1.807, 2.05) is 24.3 Å². The van der Waals surface area contributed by atoms with Gasteiger partial charge in [-0.2, -0.15) is 0 Å². The van der Waals surface area contributed by atoms with Gasteiger partial charge < -0.3 is 13.3 Å². The molecule has 84 valence electrons. The minimum atomic E-state index is -2.54. The second-order valence-electron chi connectivity index (χ2n) is 3.10. The Bertz CT molecular complexity index is 307. The third-order valence-electron chi connectivity index (χ3n) is 2.33. The van der Waals surface area contributed by atoms with E-state index in [0.29, 0.717) is 6.04 Å². The summed E-state index contributed by atoms with van der Waals surface area (Å²) in [5.74, 6) is 0. The number of benzene rings is 1. The zero-order chi connectivity index (χ0) is 11.3. The Labute approximate surface area is 97.1 Å². The van der Waals surface area contributed by atoms with Crippen LogP contribution in [-0.4, -0.2) is 30.1 Å². The summed E-state index contributed by atoms with van der Waals surface area (Å²) >= 11 is 4.38. The van der Waals surface area contributed by atoms with Crippen LogP contribution in [-0.2, 0) is 19.3 Å². The van der Waals surface area contributed by atoms with Crippen molar-refractivity contribution in [1.82, 2.24) is 0 Å². The average Bonchev–Trinajstić information content (AvgIpc) is 2.29. The number of thiol groups is 1. The van der Waals surface area contributed by atoms with Gasteiger partial charge in [-0.1, -0.05) is 18.2 Å². The van der Waals surface area contributed by atoms with Gasteiger partial charge in [-0.3, -0.25) is 0 Å². The van der Waals surface area contributed by atoms with E-state index < -0.39 is 8.80 Å². The normalized spacial score (nSPS) is 11.7. The van der Waals surface area contributed by atoms with Gasteiger partial charge in [-0.15, -0.1) is 12.6 Å². The first-order chi connectivity index (χ1) is 7.17. The topological polar surface area (TPSA) is 27.7 Å². The van der Waals surface area contributed by atoms with Gasteiger partial charge in [-0.05, 0) is 11.6 Å². The van der Waals surface area contributed by atoms with Crippen molar-refractivity contribution in [3.63, 3.8) is 0 Å². The second kappa shape index (κ2) is 5.67. The molecule has 0 atom stereocenters. The average molecular weight is 244 g/mol. The Kier molecular flexibility index (Phi) is 4.81. The fourth-order valence-electron chi connectivity index (χ4n) is 1.36. The zero-order valence-electron chi connectivity index (χ0n) is 9.19. The summed E-state index contributed by atoms with van der Waals surface area (Å²) in [7, 11) is 2.30. The molecule has 1 aromatic rings. The molecule has 0 heterocycles. The van der Waals surface area contributed by atoms with E-state index in [-0.39, 0.29) is 0 Å². The van der Waals surface area contributed by atoms with E-state index in [0.717, 1.165) is 10.5 Å². The summed E-state index contributed by atoms with van der Waals surface area (Å²) in [6.45, 7) is 0. The molecule has 1 rings (SSSR count). The smallest absolute Gasteiger partial charge is 0.377 e. The Morgan fingerprint density at radius 1 is 1.07 bits per heavy atom. The molecule has 1 aromatic carbocycles. The van der Waals surface area contributed by atoms with Crippen molar-refractivity contribution in [2.75, 3.05) is 21.3 Å². The van der Waals surface area contributed by atoms with E-state index in [4.69, 9.17) is 13.3 Å². The lowest BCUT2D eigenvalue weighted by Gasteiger charge is -2.24. The van der Waals surface area contributed by atoms with Crippen LogP contribution in [0.1, 0.15) is 5.56 Å². The van der Waals surface area contributed by atoms with Gasteiger partial charge in [0.1, 0.15) is 0 Å². The molecule has 0 amide bonds. The largest absolute Gasteiger partial charge is 0.504 e. The van der Waals surface area contributed by atoms with Crippen LogP contribution < -0.4 is 0 Å². The summed E-state index contributed by atoms with van der Waals surface area (Å²) in [5, 5.41) is 0. The van der Waals surface area contributed by atoms with Crippen LogP contribution in [0.4, 0.5) is 0 Å². The van der Waals surface area contributed by atoms with E-state index >= 15 is 0 Å². The van der Waals surface area contributed by atoms with E-state index in [1.165, 1.54) is 0 Å². The first kappa shape index (κ1) is 12.7. The number of hydrogen-bond acceptors (Lipinski definition) is 4.